The van der Waals surface area contributed by atoms with E-state index in [0.717, 1.165) is 31.2 Å². The smallest absolute Gasteiger partial charge is 0.419 e. The Morgan fingerprint density at radius 3 is 2.53 bits per heavy atom. The number of nitrogens with one attached hydrogen (secondary N) is 3. The Morgan fingerprint density at radius 2 is 1.82 bits per heavy atom. The molecular weight excluding hydrogens is 598 g/mol. The third kappa shape index (κ3) is 9.52. The molecule has 0 radical (unpaired) electrons. The number of fused-ring (bicyclic) bond motifs is 2. The molecule has 248 valence electrons. The quantitative estimate of drug-likeness (QED) is 0.398. The van der Waals surface area contributed by atoms with E-state index in [1.807, 2.05) is 42.0 Å². The van der Waals surface area contributed by atoms with Gasteiger partial charge >= 0.3 is 22.3 Å². The highest BCUT2D eigenvalue weighted by atomic mass is 32.2. The first-order chi connectivity index (χ1) is 21.2. The maximum atomic E-state index is 14.2. The van der Waals surface area contributed by atoms with Gasteiger partial charge in [0.2, 0.25) is 11.8 Å². The van der Waals surface area contributed by atoms with E-state index < -0.39 is 45.9 Å². The van der Waals surface area contributed by atoms with Gasteiger partial charge in [-0.3, -0.25) is 9.59 Å². The van der Waals surface area contributed by atoms with Crippen molar-refractivity contribution in [3.63, 3.8) is 0 Å². The number of urea groups is 1. The van der Waals surface area contributed by atoms with Gasteiger partial charge in [0.25, 0.3) is 0 Å². The molecule has 1 aliphatic carbocycles. The fourth-order valence-electron chi connectivity index (χ4n) is 5.92. The minimum Gasteiger partial charge on any atom is -0.443 e. The van der Waals surface area contributed by atoms with Crippen molar-refractivity contribution in [1.82, 2.24) is 24.6 Å². The minimum atomic E-state index is -4.41. The molecule has 5 amide bonds. The van der Waals surface area contributed by atoms with E-state index in [2.05, 4.69) is 22.2 Å². The molecule has 0 aromatic heterocycles. The summed E-state index contributed by atoms with van der Waals surface area (Å²) in [6.45, 7) is 7.10. The van der Waals surface area contributed by atoms with Crippen molar-refractivity contribution >= 4 is 34.1 Å². The molecule has 3 N–H and O–H groups in total. The zero-order valence-electron chi connectivity index (χ0n) is 26.7. The summed E-state index contributed by atoms with van der Waals surface area (Å²) in [6.07, 6.45) is 8.27. The topological polar surface area (TPSA) is 154 Å². The summed E-state index contributed by atoms with van der Waals surface area (Å²) in [5.41, 5.74) is -0.521. The van der Waals surface area contributed by atoms with Crippen LogP contribution in [0.5, 0.6) is 0 Å². The number of carbonyl (C=O) groups excluding carboxylic acids is 4. The second-order valence-electron chi connectivity index (χ2n) is 13.4. The zero-order valence-corrected chi connectivity index (χ0v) is 27.5. The van der Waals surface area contributed by atoms with E-state index in [0.29, 0.717) is 30.6 Å². The molecule has 12 nitrogen and oxygen atoms in total. The Labute approximate surface area is 266 Å². The molecule has 1 aromatic rings. The summed E-state index contributed by atoms with van der Waals surface area (Å²) in [4.78, 5) is 56.9. The molecule has 2 aliphatic heterocycles. The summed E-state index contributed by atoms with van der Waals surface area (Å²) in [5.74, 6) is -0.626. The number of nitrogens with zero attached hydrogens (tertiary/aromatic N) is 2. The molecule has 0 spiro atoms. The molecular formula is C32H47N5O7S. The first-order valence-electron chi connectivity index (χ1n) is 15.9. The number of rotatable bonds is 6. The predicted molar refractivity (Wildman–Crippen MR) is 169 cm³/mol. The molecule has 1 saturated heterocycles. The van der Waals surface area contributed by atoms with E-state index in [1.54, 1.807) is 20.8 Å². The average molecular weight is 646 g/mol. The fraction of sp³-hybridized carbons (Fsp3) is 0.625. The normalized spacial score (nSPS) is 26.8. The average Bonchev–Trinajstić information content (AvgIpc) is 3.33. The molecule has 2 heterocycles. The van der Waals surface area contributed by atoms with Crippen LogP contribution in [0.3, 0.4) is 0 Å². The number of allylic oxidation sites excluding steroid dienone is 1. The lowest BCUT2D eigenvalue weighted by Gasteiger charge is -2.35. The van der Waals surface area contributed by atoms with Gasteiger partial charge in [0, 0.05) is 24.5 Å². The van der Waals surface area contributed by atoms with Gasteiger partial charge in [0.1, 0.15) is 17.7 Å². The van der Waals surface area contributed by atoms with Crippen LogP contribution in [0.25, 0.3) is 0 Å². The Bertz CT molecular complexity index is 1380. The van der Waals surface area contributed by atoms with E-state index in [4.69, 9.17) is 4.74 Å². The van der Waals surface area contributed by atoms with Crippen LogP contribution >= 0.6 is 0 Å². The van der Waals surface area contributed by atoms with Crippen molar-refractivity contribution in [2.24, 2.45) is 5.92 Å². The van der Waals surface area contributed by atoms with E-state index in [-0.39, 0.29) is 36.9 Å². The lowest BCUT2D eigenvalue weighted by atomic mass is 10.0. The van der Waals surface area contributed by atoms with Crippen molar-refractivity contribution < 1.29 is 32.3 Å². The second-order valence-corrected chi connectivity index (χ2v) is 14.9. The zero-order chi connectivity index (χ0) is 32.8. The third-order valence-electron chi connectivity index (χ3n) is 8.44. The summed E-state index contributed by atoms with van der Waals surface area (Å²) in [5, 5.41) is 3.12. The van der Waals surface area contributed by atoms with Crippen LogP contribution < -0.4 is 14.8 Å². The van der Waals surface area contributed by atoms with Gasteiger partial charge in [-0.2, -0.15) is 13.1 Å². The fourth-order valence-corrected chi connectivity index (χ4v) is 6.69. The highest BCUT2D eigenvalue weighted by molar-refractivity contribution is 7.88. The molecule has 1 aromatic carbocycles. The van der Waals surface area contributed by atoms with Gasteiger partial charge in [0.05, 0.1) is 0 Å². The van der Waals surface area contributed by atoms with E-state index in [9.17, 15) is 27.6 Å². The van der Waals surface area contributed by atoms with Crippen LogP contribution in [-0.4, -0.2) is 78.5 Å². The molecule has 4 atom stereocenters. The lowest BCUT2D eigenvalue weighted by Crippen LogP contribution is -2.60. The molecule has 4 rings (SSSR count). The molecule has 45 heavy (non-hydrogen) atoms. The highest BCUT2D eigenvalue weighted by Crippen LogP contribution is 2.44. The van der Waals surface area contributed by atoms with Crippen LogP contribution in [0.15, 0.2) is 42.5 Å². The summed E-state index contributed by atoms with van der Waals surface area (Å²) in [6, 6.07) is 5.78. The number of benzene rings is 1. The first-order valence-corrected chi connectivity index (χ1v) is 17.3. The van der Waals surface area contributed by atoms with Gasteiger partial charge < -0.3 is 15.0 Å². The number of imide groups is 1. The van der Waals surface area contributed by atoms with E-state index >= 15 is 0 Å². The number of carbonyl (C=O) groups is 4. The lowest BCUT2D eigenvalue weighted by molar-refractivity contribution is -0.142. The number of amides is 5. The standard InChI is InChI=1S/C32H47N5O7S/c1-31(2,3)44-30(41)37(29(40)35-45(42,43)33-20-19-23-14-9-8-10-15-23)26-17-12-7-5-6-11-16-24-22-32(24,4)34-27(38)25-18-13-21-36(25)28(26)39/h8-11,14-16,24-26,33H,5-7,12-13,17-22H2,1-4H3,(H,34,38)(H,35,40)/b16-11-/t24-,25+,26+,32-/m1/s1. The van der Waals surface area contributed by atoms with Crippen molar-refractivity contribution in [3.05, 3.63) is 48.0 Å². The SMILES string of the molecule is CC(C)(C)OC(=O)N(C(=O)NS(=O)(=O)NCCc1ccccc1)[C@H]1CCCCC/C=C\[C@@H]2C[C@@]2(C)NC(=O)[C@@H]2CCCN2C1=O. The Morgan fingerprint density at radius 1 is 1.09 bits per heavy atom. The van der Waals surface area contributed by atoms with Crippen molar-refractivity contribution in [3.8, 4) is 0 Å². The van der Waals surface area contributed by atoms with E-state index in [1.165, 1.54) is 4.90 Å². The molecule has 1 saturated carbocycles. The number of hydrogen-bond acceptors (Lipinski definition) is 7. The number of ether oxygens (including phenoxy) is 1. The van der Waals surface area contributed by atoms with Crippen LogP contribution in [-0.2, 0) is 31.0 Å². The predicted octanol–water partition coefficient (Wildman–Crippen LogP) is 3.78. The molecule has 0 unspecified atom stereocenters. The highest BCUT2D eigenvalue weighted by Gasteiger charge is 2.51. The van der Waals surface area contributed by atoms with Gasteiger partial charge in [-0.15, -0.1) is 0 Å². The maximum absolute atomic E-state index is 14.2. The van der Waals surface area contributed by atoms with Crippen LogP contribution in [0.1, 0.15) is 84.6 Å². The molecule has 0 bridgehead atoms. The second kappa shape index (κ2) is 14.3. The maximum Gasteiger partial charge on any atom is 0.419 e. The van der Waals surface area contributed by atoms with Crippen molar-refractivity contribution in [1.29, 1.82) is 0 Å². The largest absolute Gasteiger partial charge is 0.443 e. The third-order valence-corrected chi connectivity index (χ3v) is 9.47. The number of hydrogen-bond donors (Lipinski definition) is 3. The molecule has 13 heteroatoms. The van der Waals surface area contributed by atoms with Gasteiger partial charge in [0.15, 0.2) is 0 Å². The van der Waals surface area contributed by atoms with Crippen molar-refractivity contribution in [2.45, 2.75) is 109 Å². The Kier molecular flexibility index (Phi) is 11.0. The Balaban J connectivity index is 1.58. The monoisotopic (exact) mass is 645 g/mol. The molecule has 3 aliphatic rings. The van der Waals surface area contributed by atoms with Crippen LogP contribution in [0.4, 0.5) is 9.59 Å². The van der Waals surface area contributed by atoms with Crippen LogP contribution in [0.2, 0.25) is 0 Å². The summed E-state index contributed by atoms with van der Waals surface area (Å²) in [7, 11) is -4.41. The summed E-state index contributed by atoms with van der Waals surface area (Å²) >= 11 is 0. The molecule has 2 fully saturated rings. The van der Waals surface area contributed by atoms with Gasteiger partial charge in [-0.1, -0.05) is 55.3 Å². The Hall–Kier alpha value is -3.45. The van der Waals surface area contributed by atoms with Gasteiger partial charge in [-0.05, 0) is 78.2 Å². The first kappa shape index (κ1) is 34.4. The van der Waals surface area contributed by atoms with Crippen molar-refractivity contribution in [2.75, 3.05) is 13.1 Å². The van der Waals surface area contributed by atoms with Crippen LogP contribution in [0, 0.1) is 5.92 Å². The summed E-state index contributed by atoms with van der Waals surface area (Å²) < 4.78 is 35.6. The minimum absolute atomic E-state index is 0.000214. The van der Waals surface area contributed by atoms with Gasteiger partial charge in [-0.25, -0.2) is 19.2 Å².